The molecule has 0 radical (unpaired) electrons. The van der Waals surface area contributed by atoms with Crippen LogP contribution < -0.4 is 5.32 Å². The summed E-state index contributed by atoms with van der Waals surface area (Å²) in [6.07, 6.45) is 1.65. The number of hydrogen-bond donors (Lipinski definition) is 1. The molecule has 1 aliphatic rings. The Morgan fingerprint density at radius 3 is 2.81 bits per heavy atom. The fourth-order valence-corrected chi connectivity index (χ4v) is 3.36. The normalized spacial score (nSPS) is 17.0. The molecule has 1 atom stereocenters. The van der Waals surface area contributed by atoms with Crippen LogP contribution in [-0.4, -0.2) is 27.2 Å². The fraction of sp³-hybridized carbons (Fsp3) is 0.316. The number of benzene rings is 1. The van der Waals surface area contributed by atoms with Crippen molar-refractivity contribution in [2.24, 2.45) is 5.92 Å². The maximum absolute atomic E-state index is 13.5. The second-order valence-corrected chi connectivity index (χ2v) is 6.70. The lowest BCUT2D eigenvalue weighted by atomic mass is 10.0. The lowest BCUT2D eigenvalue weighted by molar-refractivity contribution is -0.119. The molecule has 3 aromatic rings. The molecule has 1 aromatic carbocycles. The second kappa shape index (κ2) is 7.02. The smallest absolute Gasteiger partial charge is 0.266 e. The number of aromatic nitrogens is 3. The first-order valence-electron chi connectivity index (χ1n) is 8.67. The lowest BCUT2D eigenvalue weighted by Gasteiger charge is -2.09. The number of halogens is 3. The molecule has 1 aliphatic heterocycles. The number of alkyl halides is 2. The van der Waals surface area contributed by atoms with Gasteiger partial charge in [0.15, 0.2) is 0 Å². The third-order valence-electron chi connectivity index (χ3n) is 4.87. The zero-order valence-electron chi connectivity index (χ0n) is 14.3. The van der Waals surface area contributed by atoms with Crippen molar-refractivity contribution >= 4 is 16.9 Å². The van der Waals surface area contributed by atoms with Gasteiger partial charge in [-0.2, -0.15) is 5.10 Å². The Morgan fingerprint density at radius 2 is 2.07 bits per heavy atom. The van der Waals surface area contributed by atoms with Gasteiger partial charge in [0.25, 0.3) is 6.43 Å². The highest BCUT2D eigenvalue weighted by Gasteiger charge is 2.21. The number of nitrogens with zero attached hydrogens (tertiary/aromatic N) is 3. The van der Waals surface area contributed by atoms with Crippen LogP contribution in [0.1, 0.15) is 24.8 Å². The summed E-state index contributed by atoms with van der Waals surface area (Å²) in [5.41, 5.74) is 1.92. The number of rotatable bonds is 5. The summed E-state index contributed by atoms with van der Waals surface area (Å²) in [7, 11) is 0. The second-order valence-electron chi connectivity index (χ2n) is 6.70. The average Bonchev–Trinajstić information content (AvgIpc) is 3.25. The predicted molar refractivity (Wildman–Crippen MR) is 93.6 cm³/mol. The van der Waals surface area contributed by atoms with Crippen molar-refractivity contribution in [2.75, 3.05) is 6.54 Å². The van der Waals surface area contributed by atoms with E-state index >= 15 is 0 Å². The van der Waals surface area contributed by atoms with Gasteiger partial charge < -0.3 is 5.32 Å². The number of hydrogen-bond acceptors (Lipinski definition) is 3. The summed E-state index contributed by atoms with van der Waals surface area (Å²) in [5.74, 6) is -0.577. The van der Waals surface area contributed by atoms with E-state index in [1.165, 1.54) is 6.07 Å². The molecule has 3 heterocycles. The molecule has 0 saturated carbocycles. The molecule has 1 unspecified atom stereocenters. The molecular formula is C19H17F3N4O. The van der Waals surface area contributed by atoms with E-state index in [1.807, 2.05) is 6.07 Å². The molecule has 0 spiro atoms. The Morgan fingerprint density at radius 1 is 1.22 bits per heavy atom. The van der Waals surface area contributed by atoms with Crippen LogP contribution in [0.4, 0.5) is 13.2 Å². The highest BCUT2D eigenvalue weighted by molar-refractivity contribution is 5.80. The molecule has 8 heteroatoms. The number of carbonyl (C=O) groups excluding carboxylic acids is 1. The van der Waals surface area contributed by atoms with E-state index in [0.717, 1.165) is 24.1 Å². The van der Waals surface area contributed by atoms with Crippen LogP contribution in [0.25, 0.3) is 22.2 Å². The van der Waals surface area contributed by atoms with Gasteiger partial charge in [-0.15, -0.1) is 0 Å². The third-order valence-corrected chi connectivity index (χ3v) is 4.87. The predicted octanol–water partition coefficient (Wildman–Crippen LogP) is 3.70. The van der Waals surface area contributed by atoms with Crippen molar-refractivity contribution < 1.29 is 18.0 Å². The SMILES string of the molecule is O=C1CC(CCn2ncc3ncc(-c4ccc(F)c(C(F)F)c4)cc32)CN1. The number of aryl methyl sites for hydroxylation is 1. The summed E-state index contributed by atoms with van der Waals surface area (Å²) in [4.78, 5) is 15.6. The molecule has 1 N–H and O–H groups in total. The van der Waals surface area contributed by atoms with E-state index < -0.39 is 17.8 Å². The Labute approximate surface area is 153 Å². The topological polar surface area (TPSA) is 59.8 Å². The van der Waals surface area contributed by atoms with Crippen LogP contribution in [0.3, 0.4) is 0 Å². The maximum Gasteiger partial charge on any atom is 0.266 e. The maximum atomic E-state index is 13.5. The van der Waals surface area contributed by atoms with Crippen molar-refractivity contribution in [1.29, 1.82) is 0 Å². The number of amides is 1. The van der Waals surface area contributed by atoms with E-state index in [0.29, 0.717) is 36.2 Å². The number of pyridine rings is 1. The van der Waals surface area contributed by atoms with E-state index in [-0.39, 0.29) is 11.8 Å². The van der Waals surface area contributed by atoms with Crippen LogP contribution in [0.2, 0.25) is 0 Å². The first-order valence-corrected chi connectivity index (χ1v) is 8.67. The van der Waals surface area contributed by atoms with Crippen LogP contribution in [0, 0.1) is 11.7 Å². The van der Waals surface area contributed by atoms with Crippen molar-refractivity contribution in [3.8, 4) is 11.1 Å². The van der Waals surface area contributed by atoms with Gasteiger partial charge >= 0.3 is 0 Å². The van der Waals surface area contributed by atoms with Crippen molar-refractivity contribution in [3.05, 3.63) is 48.0 Å². The first-order chi connectivity index (χ1) is 13.0. The van der Waals surface area contributed by atoms with Gasteiger partial charge in [0.2, 0.25) is 5.91 Å². The minimum atomic E-state index is -2.88. The highest BCUT2D eigenvalue weighted by Crippen LogP contribution is 2.29. The zero-order valence-corrected chi connectivity index (χ0v) is 14.3. The van der Waals surface area contributed by atoms with E-state index in [9.17, 15) is 18.0 Å². The average molecular weight is 374 g/mol. The minimum Gasteiger partial charge on any atom is -0.356 e. The molecular weight excluding hydrogens is 357 g/mol. The largest absolute Gasteiger partial charge is 0.356 e. The molecule has 1 amide bonds. The minimum absolute atomic E-state index is 0.0698. The Bertz CT molecular complexity index is 1000. The van der Waals surface area contributed by atoms with Crippen molar-refractivity contribution in [3.63, 3.8) is 0 Å². The van der Waals surface area contributed by atoms with Crippen LogP contribution in [-0.2, 0) is 11.3 Å². The van der Waals surface area contributed by atoms with Gasteiger partial charge in [-0.25, -0.2) is 13.2 Å². The van der Waals surface area contributed by atoms with Crippen molar-refractivity contribution in [1.82, 2.24) is 20.1 Å². The Hall–Kier alpha value is -2.90. The molecule has 27 heavy (non-hydrogen) atoms. The molecule has 5 nitrogen and oxygen atoms in total. The third kappa shape index (κ3) is 3.51. The van der Waals surface area contributed by atoms with Gasteiger partial charge in [-0.05, 0) is 36.1 Å². The van der Waals surface area contributed by atoms with Gasteiger partial charge in [0.1, 0.15) is 11.3 Å². The summed E-state index contributed by atoms with van der Waals surface area (Å²) in [6, 6.07) is 5.47. The summed E-state index contributed by atoms with van der Waals surface area (Å²) >= 11 is 0. The van der Waals surface area contributed by atoms with E-state index in [2.05, 4.69) is 15.4 Å². The number of fused-ring (bicyclic) bond motifs is 1. The Kier molecular flexibility index (Phi) is 4.55. The molecule has 1 saturated heterocycles. The molecule has 1 fully saturated rings. The quantitative estimate of drug-likeness (QED) is 0.741. The summed E-state index contributed by atoms with van der Waals surface area (Å²) in [6.45, 7) is 1.30. The van der Waals surface area contributed by atoms with Crippen LogP contribution in [0.5, 0.6) is 0 Å². The number of carbonyl (C=O) groups is 1. The van der Waals surface area contributed by atoms with E-state index in [4.69, 9.17) is 0 Å². The van der Waals surface area contributed by atoms with Crippen LogP contribution >= 0.6 is 0 Å². The van der Waals surface area contributed by atoms with E-state index in [1.54, 1.807) is 17.1 Å². The standard InChI is InChI=1S/C19H17F3N4O/c20-15-2-1-12(6-14(15)19(21)22)13-7-17-16(23-9-13)10-25-26(17)4-3-11-5-18(27)24-8-11/h1-2,6-7,9-11,19H,3-5,8H2,(H,24,27). The summed E-state index contributed by atoms with van der Waals surface area (Å²) < 4.78 is 41.3. The highest BCUT2D eigenvalue weighted by atomic mass is 19.3. The van der Waals surface area contributed by atoms with Gasteiger partial charge in [-0.1, -0.05) is 6.07 Å². The van der Waals surface area contributed by atoms with Gasteiger partial charge in [0.05, 0.1) is 17.3 Å². The monoisotopic (exact) mass is 374 g/mol. The first kappa shape index (κ1) is 17.5. The molecule has 2 aromatic heterocycles. The molecule has 140 valence electrons. The van der Waals surface area contributed by atoms with Crippen molar-refractivity contribution in [2.45, 2.75) is 25.8 Å². The molecule has 0 aliphatic carbocycles. The zero-order chi connectivity index (χ0) is 19.0. The van der Waals surface area contributed by atoms with Crippen LogP contribution in [0.15, 0.2) is 36.7 Å². The summed E-state index contributed by atoms with van der Waals surface area (Å²) in [5, 5.41) is 7.15. The molecule has 4 rings (SSSR count). The Balaban J connectivity index is 1.62. The van der Waals surface area contributed by atoms with Gasteiger partial charge in [-0.3, -0.25) is 14.5 Å². The fourth-order valence-electron chi connectivity index (χ4n) is 3.36. The molecule has 0 bridgehead atoms. The number of nitrogens with one attached hydrogen (secondary N) is 1. The lowest BCUT2D eigenvalue weighted by Crippen LogP contribution is -2.14. The van der Waals surface area contributed by atoms with Gasteiger partial charge in [0, 0.05) is 31.3 Å².